The molecule has 1 N–H and O–H groups in total. The van der Waals surface area contributed by atoms with Gasteiger partial charge >= 0.3 is 0 Å². The van der Waals surface area contributed by atoms with Gasteiger partial charge in [0.05, 0.1) is 18.8 Å². The number of aryl methyl sites for hydroxylation is 1. The van der Waals surface area contributed by atoms with E-state index in [0.29, 0.717) is 43.3 Å². The van der Waals surface area contributed by atoms with Gasteiger partial charge < -0.3 is 23.6 Å². The number of amides is 1. The molecule has 0 aliphatic carbocycles. The number of hydrogen-bond donors (Lipinski definition) is 1. The minimum Gasteiger partial charge on any atom is -0.503 e. The Morgan fingerprint density at radius 1 is 1.09 bits per heavy atom. The van der Waals surface area contributed by atoms with E-state index in [4.69, 9.17) is 13.6 Å². The molecule has 1 fully saturated rings. The lowest BCUT2D eigenvalue weighted by Crippen LogP contribution is -2.39. The van der Waals surface area contributed by atoms with Gasteiger partial charge in [0.1, 0.15) is 23.1 Å². The highest BCUT2D eigenvalue weighted by molar-refractivity contribution is 6.15. The number of Topliss-reactive ketones (excluding diaryl/α,β-unsaturated/α-hetero) is 1. The maximum atomic E-state index is 13.5. The van der Waals surface area contributed by atoms with Gasteiger partial charge in [-0.25, -0.2) is 0 Å². The number of carbonyl (C=O) groups excluding carboxylic acids is 2. The molecule has 0 saturated carbocycles. The van der Waals surface area contributed by atoms with E-state index in [1.54, 1.807) is 31.2 Å². The molecule has 4 heterocycles. The molecule has 0 spiro atoms. The summed E-state index contributed by atoms with van der Waals surface area (Å²) in [5, 5.41) is 11.6. The van der Waals surface area contributed by atoms with Crippen LogP contribution in [0.4, 0.5) is 0 Å². The first kappa shape index (κ1) is 21.5. The fourth-order valence-electron chi connectivity index (χ4n) is 4.53. The first-order valence-electron chi connectivity index (χ1n) is 11.2. The quantitative estimate of drug-likeness (QED) is 0.549. The summed E-state index contributed by atoms with van der Waals surface area (Å²) in [5.74, 6) is -0.467. The van der Waals surface area contributed by atoms with Crippen LogP contribution in [0.1, 0.15) is 34.5 Å². The standard InChI is InChI=1S/C25H26N2O6/c1-16-7-8-19(32-16)22-21(23(28)20-15-17-5-2-3-6-18(17)33-20)24(29)25(30)27(22)10-4-9-26-11-13-31-14-12-26/h2-3,5-8,15,22,29H,4,9-14H2,1H3/t22-/m0/s1. The normalized spacial score (nSPS) is 19.7. The van der Waals surface area contributed by atoms with Crippen molar-refractivity contribution in [1.29, 1.82) is 0 Å². The fourth-order valence-corrected chi connectivity index (χ4v) is 4.53. The van der Waals surface area contributed by atoms with Crippen molar-refractivity contribution in [2.24, 2.45) is 0 Å². The van der Waals surface area contributed by atoms with Crippen LogP contribution < -0.4 is 0 Å². The predicted molar refractivity (Wildman–Crippen MR) is 120 cm³/mol. The van der Waals surface area contributed by atoms with Crippen LogP contribution >= 0.6 is 0 Å². The zero-order valence-corrected chi connectivity index (χ0v) is 18.5. The van der Waals surface area contributed by atoms with Gasteiger partial charge in [0.2, 0.25) is 5.78 Å². The van der Waals surface area contributed by atoms with Crippen LogP contribution in [-0.4, -0.2) is 66.0 Å². The van der Waals surface area contributed by atoms with Crippen molar-refractivity contribution in [3.8, 4) is 0 Å². The molecule has 172 valence electrons. The maximum Gasteiger partial charge on any atom is 0.290 e. The van der Waals surface area contributed by atoms with Crippen molar-refractivity contribution >= 4 is 22.7 Å². The lowest BCUT2D eigenvalue weighted by atomic mass is 9.99. The first-order valence-corrected chi connectivity index (χ1v) is 11.2. The number of hydrogen-bond acceptors (Lipinski definition) is 7. The molecule has 1 atom stereocenters. The maximum absolute atomic E-state index is 13.5. The molecule has 3 aromatic rings. The van der Waals surface area contributed by atoms with Crippen molar-refractivity contribution in [1.82, 2.24) is 9.80 Å². The number of benzene rings is 1. The Balaban J connectivity index is 1.43. The van der Waals surface area contributed by atoms with Gasteiger partial charge in [0, 0.05) is 31.6 Å². The molecule has 33 heavy (non-hydrogen) atoms. The Labute approximate surface area is 191 Å². The lowest BCUT2D eigenvalue weighted by molar-refractivity contribution is -0.129. The molecule has 8 nitrogen and oxygen atoms in total. The Kier molecular flexibility index (Phi) is 5.78. The van der Waals surface area contributed by atoms with Crippen LogP contribution in [0.25, 0.3) is 11.0 Å². The van der Waals surface area contributed by atoms with Crippen LogP contribution in [0.5, 0.6) is 0 Å². The number of morpholine rings is 1. The van der Waals surface area contributed by atoms with Crippen LogP contribution in [0.2, 0.25) is 0 Å². The molecule has 0 radical (unpaired) electrons. The third kappa shape index (κ3) is 4.07. The van der Waals surface area contributed by atoms with Crippen molar-refractivity contribution in [2.75, 3.05) is 39.4 Å². The molecule has 1 saturated heterocycles. The molecule has 5 rings (SSSR count). The van der Waals surface area contributed by atoms with Crippen molar-refractivity contribution < 1.29 is 28.3 Å². The number of aliphatic hydroxyl groups excluding tert-OH is 1. The summed E-state index contributed by atoms with van der Waals surface area (Å²) in [6, 6.07) is 11.6. The van der Waals surface area contributed by atoms with Gasteiger partial charge in [0.25, 0.3) is 5.91 Å². The SMILES string of the molecule is Cc1ccc([C@H]2C(C(=O)c3cc4ccccc4o3)=C(O)C(=O)N2CCCN2CCOCC2)o1. The molecule has 2 aliphatic rings. The molecular weight excluding hydrogens is 424 g/mol. The third-order valence-electron chi connectivity index (χ3n) is 6.21. The number of nitrogens with zero attached hydrogens (tertiary/aromatic N) is 2. The number of rotatable bonds is 7. The van der Waals surface area contributed by atoms with Crippen molar-refractivity contribution in [3.63, 3.8) is 0 Å². The summed E-state index contributed by atoms with van der Waals surface area (Å²) in [4.78, 5) is 30.3. The monoisotopic (exact) mass is 450 g/mol. The minimum absolute atomic E-state index is 0.0141. The number of furan rings is 2. The summed E-state index contributed by atoms with van der Waals surface area (Å²) in [6.07, 6.45) is 0.696. The van der Waals surface area contributed by atoms with Gasteiger partial charge in [-0.3, -0.25) is 14.5 Å². The second kappa shape index (κ2) is 8.88. The summed E-state index contributed by atoms with van der Waals surface area (Å²) in [7, 11) is 0. The van der Waals surface area contributed by atoms with E-state index in [0.717, 1.165) is 25.0 Å². The summed E-state index contributed by atoms with van der Waals surface area (Å²) >= 11 is 0. The molecule has 1 amide bonds. The lowest BCUT2D eigenvalue weighted by Gasteiger charge is -2.29. The van der Waals surface area contributed by atoms with Gasteiger partial charge in [-0.05, 0) is 37.6 Å². The van der Waals surface area contributed by atoms with E-state index in [9.17, 15) is 14.7 Å². The molecule has 2 aliphatic heterocycles. The van der Waals surface area contributed by atoms with E-state index in [1.807, 2.05) is 18.2 Å². The second-order valence-corrected chi connectivity index (χ2v) is 8.40. The second-order valence-electron chi connectivity index (χ2n) is 8.40. The molecule has 8 heteroatoms. The number of para-hydroxylation sites is 1. The number of carbonyl (C=O) groups is 2. The van der Waals surface area contributed by atoms with Crippen LogP contribution in [0, 0.1) is 6.92 Å². The van der Waals surface area contributed by atoms with Gasteiger partial charge in [-0.2, -0.15) is 0 Å². The van der Waals surface area contributed by atoms with Crippen molar-refractivity contribution in [2.45, 2.75) is 19.4 Å². The molecule has 0 unspecified atom stereocenters. The zero-order chi connectivity index (χ0) is 22.9. The van der Waals surface area contributed by atoms with Gasteiger partial charge in [-0.1, -0.05) is 18.2 Å². The van der Waals surface area contributed by atoms with E-state index >= 15 is 0 Å². The Hall–Kier alpha value is -3.36. The Morgan fingerprint density at radius 2 is 1.88 bits per heavy atom. The van der Waals surface area contributed by atoms with Gasteiger partial charge in [0.15, 0.2) is 11.5 Å². The summed E-state index contributed by atoms with van der Waals surface area (Å²) in [6.45, 7) is 6.09. The molecule has 1 aromatic carbocycles. The largest absolute Gasteiger partial charge is 0.503 e. The third-order valence-corrected chi connectivity index (χ3v) is 6.21. The number of ketones is 1. The van der Waals surface area contributed by atoms with Crippen LogP contribution in [0.3, 0.4) is 0 Å². The first-order chi connectivity index (χ1) is 16.0. The average Bonchev–Trinajstić information content (AvgIpc) is 3.51. The topological polar surface area (TPSA) is 96.4 Å². The number of fused-ring (bicyclic) bond motifs is 1. The number of aliphatic hydroxyl groups is 1. The molecule has 2 aromatic heterocycles. The summed E-state index contributed by atoms with van der Waals surface area (Å²) < 4.78 is 16.9. The molecular formula is C25H26N2O6. The average molecular weight is 450 g/mol. The Morgan fingerprint density at radius 3 is 2.61 bits per heavy atom. The predicted octanol–water partition coefficient (Wildman–Crippen LogP) is 3.63. The highest BCUT2D eigenvalue weighted by atomic mass is 16.5. The van der Waals surface area contributed by atoms with Crippen LogP contribution in [0.15, 0.2) is 62.6 Å². The number of ether oxygens (including phenoxy) is 1. The smallest absolute Gasteiger partial charge is 0.290 e. The van der Waals surface area contributed by atoms with Crippen molar-refractivity contribution in [3.05, 3.63) is 71.1 Å². The highest BCUT2D eigenvalue weighted by Crippen LogP contribution is 2.40. The molecule has 0 bridgehead atoms. The summed E-state index contributed by atoms with van der Waals surface area (Å²) in [5.41, 5.74) is 0.554. The van der Waals surface area contributed by atoms with E-state index in [-0.39, 0.29) is 11.3 Å². The van der Waals surface area contributed by atoms with Gasteiger partial charge in [-0.15, -0.1) is 0 Å². The Bertz CT molecular complexity index is 1180. The minimum atomic E-state index is -0.809. The zero-order valence-electron chi connectivity index (χ0n) is 18.5. The van der Waals surface area contributed by atoms with E-state index < -0.39 is 23.5 Å². The highest BCUT2D eigenvalue weighted by Gasteiger charge is 2.45. The van der Waals surface area contributed by atoms with E-state index in [1.165, 1.54) is 4.90 Å². The van der Waals surface area contributed by atoms with E-state index in [2.05, 4.69) is 4.90 Å². The van der Waals surface area contributed by atoms with Crippen LogP contribution in [-0.2, 0) is 9.53 Å². The fraction of sp³-hybridized carbons (Fsp3) is 0.360.